The normalized spacial score (nSPS) is 11.7. The quantitative estimate of drug-likeness (QED) is 0.789. The standard InChI is InChI=1S/C11H12BrN3O4S/c12-9-2-1-8(6-16)5-10(9)20(17,18)14-4-3-11-13-7-19-15-11/h1-2,5,7,14,16H,3-4,6H2. The minimum Gasteiger partial charge on any atom is -0.392 e. The molecule has 0 fully saturated rings. The summed E-state index contributed by atoms with van der Waals surface area (Å²) in [6, 6.07) is 4.64. The molecule has 1 aromatic carbocycles. The van der Waals surface area contributed by atoms with Crippen LogP contribution in [-0.4, -0.2) is 30.2 Å². The molecule has 1 aromatic heterocycles. The molecule has 0 amide bonds. The Bertz CT molecular complexity index is 673. The number of hydrogen-bond donors (Lipinski definition) is 2. The molecule has 1 heterocycles. The lowest BCUT2D eigenvalue weighted by atomic mass is 10.2. The minimum atomic E-state index is -3.67. The van der Waals surface area contributed by atoms with Crippen LogP contribution in [0.15, 0.2) is 38.5 Å². The highest BCUT2D eigenvalue weighted by Gasteiger charge is 2.18. The molecular formula is C11H12BrN3O4S. The monoisotopic (exact) mass is 361 g/mol. The zero-order valence-electron chi connectivity index (χ0n) is 10.3. The van der Waals surface area contributed by atoms with Gasteiger partial charge in [0.25, 0.3) is 0 Å². The number of sulfonamides is 1. The van der Waals surface area contributed by atoms with Crippen LogP contribution in [0.25, 0.3) is 0 Å². The molecule has 7 nitrogen and oxygen atoms in total. The first-order valence-electron chi connectivity index (χ1n) is 5.67. The summed E-state index contributed by atoms with van der Waals surface area (Å²) in [7, 11) is -3.67. The lowest BCUT2D eigenvalue weighted by Gasteiger charge is -2.09. The van der Waals surface area contributed by atoms with Crippen LogP contribution >= 0.6 is 15.9 Å². The van der Waals surface area contributed by atoms with Gasteiger partial charge in [-0.2, -0.15) is 4.98 Å². The summed E-state index contributed by atoms with van der Waals surface area (Å²) in [6.07, 6.45) is 1.51. The Balaban J connectivity index is 2.09. The van der Waals surface area contributed by atoms with E-state index in [4.69, 9.17) is 5.11 Å². The number of rotatable bonds is 6. The maximum atomic E-state index is 12.2. The van der Waals surface area contributed by atoms with Gasteiger partial charge in [-0.1, -0.05) is 11.2 Å². The first-order chi connectivity index (χ1) is 9.53. The predicted octanol–water partition coefficient (Wildman–Crippen LogP) is 0.845. The molecule has 0 aliphatic rings. The molecule has 0 spiro atoms. The van der Waals surface area contributed by atoms with Gasteiger partial charge in [0.1, 0.15) is 0 Å². The largest absolute Gasteiger partial charge is 0.392 e. The third kappa shape index (κ3) is 3.63. The molecule has 2 N–H and O–H groups in total. The number of aliphatic hydroxyl groups excluding tert-OH is 1. The van der Waals surface area contributed by atoms with Crippen LogP contribution < -0.4 is 4.72 Å². The summed E-state index contributed by atoms with van der Waals surface area (Å²) in [6.45, 7) is -0.0731. The fourth-order valence-corrected chi connectivity index (χ4v) is 3.57. The topological polar surface area (TPSA) is 105 Å². The summed E-state index contributed by atoms with van der Waals surface area (Å²) in [5.74, 6) is 0.427. The third-order valence-corrected chi connectivity index (χ3v) is 4.97. The second-order valence-corrected chi connectivity index (χ2v) is 6.51. The lowest BCUT2D eigenvalue weighted by molar-refractivity contribution is 0.281. The van der Waals surface area contributed by atoms with Gasteiger partial charge in [0.05, 0.1) is 11.5 Å². The SMILES string of the molecule is O=S(=O)(NCCc1ncon1)c1cc(CO)ccc1Br. The molecule has 9 heteroatoms. The first kappa shape index (κ1) is 15.1. The molecule has 0 atom stereocenters. The predicted molar refractivity (Wildman–Crippen MR) is 73.3 cm³/mol. The molecule has 108 valence electrons. The van der Waals surface area contributed by atoms with Crippen LogP contribution in [0, 0.1) is 0 Å². The Kier molecular flexibility index (Phi) is 4.86. The maximum Gasteiger partial charge on any atom is 0.241 e. The van der Waals surface area contributed by atoms with E-state index in [1.54, 1.807) is 12.1 Å². The highest BCUT2D eigenvalue weighted by atomic mass is 79.9. The Morgan fingerprint density at radius 3 is 2.85 bits per heavy atom. The smallest absolute Gasteiger partial charge is 0.241 e. The van der Waals surface area contributed by atoms with Crippen molar-refractivity contribution in [3.05, 3.63) is 40.5 Å². The molecular weight excluding hydrogens is 350 g/mol. The van der Waals surface area contributed by atoms with E-state index in [9.17, 15) is 8.42 Å². The van der Waals surface area contributed by atoms with Gasteiger partial charge in [0.2, 0.25) is 16.4 Å². The van der Waals surface area contributed by atoms with Crippen LogP contribution in [0.5, 0.6) is 0 Å². The fourth-order valence-electron chi connectivity index (χ4n) is 1.53. The van der Waals surface area contributed by atoms with Crippen molar-refractivity contribution in [1.82, 2.24) is 14.9 Å². The second kappa shape index (κ2) is 6.44. The van der Waals surface area contributed by atoms with Crippen molar-refractivity contribution in [1.29, 1.82) is 0 Å². The van der Waals surface area contributed by atoms with Crippen molar-refractivity contribution in [3.8, 4) is 0 Å². The summed E-state index contributed by atoms with van der Waals surface area (Å²) in [5, 5.41) is 12.7. The van der Waals surface area contributed by atoms with Crippen LogP contribution in [0.4, 0.5) is 0 Å². The molecule has 0 radical (unpaired) electrons. The van der Waals surface area contributed by atoms with Gasteiger partial charge in [-0.15, -0.1) is 0 Å². The molecule has 20 heavy (non-hydrogen) atoms. The maximum absolute atomic E-state index is 12.2. The van der Waals surface area contributed by atoms with E-state index in [-0.39, 0.29) is 18.0 Å². The lowest BCUT2D eigenvalue weighted by Crippen LogP contribution is -2.26. The van der Waals surface area contributed by atoms with E-state index in [1.165, 1.54) is 12.5 Å². The van der Waals surface area contributed by atoms with Crippen molar-refractivity contribution >= 4 is 26.0 Å². The van der Waals surface area contributed by atoms with Crippen molar-refractivity contribution in [2.24, 2.45) is 0 Å². The van der Waals surface area contributed by atoms with Gasteiger partial charge < -0.3 is 9.63 Å². The van der Waals surface area contributed by atoms with Gasteiger partial charge in [-0.05, 0) is 33.6 Å². The van der Waals surface area contributed by atoms with E-state index in [0.29, 0.717) is 22.3 Å². The van der Waals surface area contributed by atoms with Crippen LogP contribution in [0.3, 0.4) is 0 Å². The van der Waals surface area contributed by atoms with Crippen LogP contribution in [0.1, 0.15) is 11.4 Å². The number of aromatic nitrogens is 2. The van der Waals surface area contributed by atoms with Gasteiger partial charge >= 0.3 is 0 Å². The van der Waals surface area contributed by atoms with Gasteiger partial charge in [0, 0.05) is 17.4 Å². The molecule has 0 aliphatic heterocycles. The van der Waals surface area contributed by atoms with Crippen LogP contribution in [-0.2, 0) is 23.1 Å². The molecule has 0 saturated heterocycles. The number of nitrogens with one attached hydrogen (secondary N) is 1. The molecule has 0 unspecified atom stereocenters. The third-order valence-electron chi connectivity index (χ3n) is 2.52. The van der Waals surface area contributed by atoms with Crippen molar-refractivity contribution in [3.63, 3.8) is 0 Å². The first-order valence-corrected chi connectivity index (χ1v) is 7.95. The number of benzene rings is 1. The molecule has 0 aliphatic carbocycles. The zero-order chi connectivity index (χ0) is 14.6. The zero-order valence-corrected chi connectivity index (χ0v) is 12.7. The summed E-state index contributed by atoms with van der Waals surface area (Å²) in [5.41, 5.74) is 0.520. The van der Waals surface area contributed by atoms with Gasteiger partial charge in [-0.25, -0.2) is 13.1 Å². The number of aliphatic hydroxyl groups is 1. The molecule has 2 rings (SSSR count). The van der Waals surface area contributed by atoms with E-state index < -0.39 is 10.0 Å². The highest BCUT2D eigenvalue weighted by molar-refractivity contribution is 9.10. The molecule has 0 saturated carbocycles. The summed E-state index contributed by atoms with van der Waals surface area (Å²) >= 11 is 3.19. The Hall–Kier alpha value is -1.29. The number of halogens is 1. The van der Waals surface area contributed by atoms with E-state index in [1.807, 2.05) is 0 Å². The minimum absolute atomic E-state index is 0.0807. The Morgan fingerprint density at radius 2 is 2.20 bits per heavy atom. The highest BCUT2D eigenvalue weighted by Crippen LogP contribution is 2.23. The van der Waals surface area contributed by atoms with E-state index in [2.05, 4.69) is 35.3 Å². The molecule has 0 bridgehead atoms. The van der Waals surface area contributed by atoms with Crippen LogP contribution in [0.2, 0.25) is 0 Å². The number of hydrogen-bond acceptors (Lipinski definition) is 6. The average Bonchev–Trinajstić information content (AvgIpc) is 2.92. The number of nitrogens with zero attached hydrogens (tertiary/aromatic N) is 2. The van der Waals surface area contributed by atoms with Gasteiger partial charge in [-0.3, -0.25) is 0 Å². The van der Waals surface area contributed by atoms with E-state index in [0.717, 1.165) is 0 Å². The second-order valence-electron chi connectivity index (χ2n) is 3.92. The van der Waals surface area contributed by atoms with Crippen molar-refractivity contribution in [2.75, 3.05) is 6.54 Å². The Labute approximate surface area is 124 Å². The van der Waals surface area contributed by atoms with E-state index >= 15 is 0 Å². The van der Waals surface area contributed by atoms with Crippen molar-refractivity contribution < 1.29 is 18.0 Å². The summed E-state index contributed by atoms with van der Waals surface area (Å²) in [4.78, 5) is 3.88. The molecule has 2 aromatic rings. The summed E-state index contributed by atoms with van der Waals surface area (Å²) < 4.78 is 31.8. The van der Waals surface area contributed by atoms with Gasteiger partial charge in [0.15, 0.2) is 5.82 Å². The van der Waals surface area contributed by atoms with Crippen molar-refractivity contribution in [2.45, 2.75) is 17.9 Å². The fraction of sp³-hybridized carbons (Fsp3) is 0.273. The Morgan fingerprint density at radius 1 is 1.40 bits per heavy atom. The average molecular weight is 362 g/mol.